The average molecular weight is 1540 g/mol. The molecule has 0 N–H and O–H groups in total. The fraction of sp³-hybridized carbons (Fsp3) is 0. The van der Waals surface area contributed by atoms with Gasteiger partial charge in [-0.05, 0) is 170 Å². The quantitative estimate of drug-likeness (QED) is 0.109. The molecule has 7 heteroatoms. The maximum atomic E-state index is 12.0. The van der Waals surface area contributed by atoms with Crippen LogP contribution in [0.4, 0.5) is 0 Å². The summed E-state index contributed by atoms with van der Waals surface area (Å²) in [5.41, 5.74) is 32.3. The second-order valence-electron chi connectivity index (χ2n) is 31.2. The van der Waals surface area contributed by atoms with Crippen LogP contribution in [0.3, 0.4) is 0 Å². The Morgan fingerprint density at radius 3 is 0.851 bits per heavy atom. The van der Waals surface area contributed by atoms with E-state index in [4.69, 9.17) is 0 Å². The van der Waals surface area contributed by atoms with Gasteiger partial charge in [-0.3, -0.25) is 0 Å². The molecule has 23 rings (SSSR count). The summed E-state index contributed by atoms with van der Waals surface area (Å²) >= 11 is 0. The van der Waals surface area contributed by atoms with Crippen molar-refractivity contribution in [2.45, 2.75) is 0 Å². The fourth-order valence-electron chi connectivity index (χ4n) is 19.4. The van der Waals surface area contributed by atoms with Crippen molar-refractivity contribution in [2.75, 3.05) is 0 Å². The highest BCUT2D eigenvalue weighted by atomic mass is 15.0. The van der Waals surface area contributed by atoms with Gasteiger partial charge in [-0.1, -0.05) is 315 Å². The number of nitrogens with zero attached hydrogens (tertiary/aromatic N) is 7. The molecule has 0 aliphatic carbocycles. The molecule has 0 amide bonds. The first-order chi connectivity index (χ1) is 60.0. The molecular weight excluding hydrogens is 1470 g/mol. The molecular formula is C114H71N7. The highest BCUT2D eigenvalue weighted by molar-refractivity contribution is 6.18. The third kappa shape index (κ3) is 11.3. The number of hydrogen-bond acceptors (Lipinski definition) is 2. The van der Waals surface area contributed by atoms with Gasteiger partial charge in [0.1, 0.15) is 12.1 Å². The molecule has 7 nitrogen and oxygen atoms in total. The van der Waals surface area contributed by atoms with Gasteiger partial charge >= 0.3 is 0 Å². The minimum absolute atomic E-state index is 0.610. The molecule has 0 saturated carbocycles. The largest absolute Gasteiger partial charge is 0.317 e. The number of benzene rings is 18. The second kappa shape index (κ2) is 28.7. The van der Waals surface area contributed by atoms with E-state index in [0.29, 0.717) is 11.1 Å². The summed E-state index contributed by atoms with van der Waals surface area (Å²) in [5.74, 6) is 0. The van der Waals surface area contributed by atoms with Crippen LogP contribution >= 0.6 is 0 Å². The summed E-state index contributed by atoms with van der Waals surface area (Å²) in [4.78, 5) is 0. The van der Waals surface area contributed by atoms with Crippen LogP contribution in [0.2, 0.25) is 0 Å². The summed E-state index contributed by atoms with van der Waals surface area (Å²) in [6.07, 6.45) is 4.40. The predicted octanol–water partition coefficient (Wildman–Crippen LogP) is 29.6. The zero-order chi connectivity index (χ0) is 80.2. The Morgan fingerprint density at radius 1 is 0.174 bits per heavy atom. The van der Waals surface area contributed by atoms with Crippen LogP contribution in [-0.4, -0.2) is 22.8 Å². The van der Waals surface area contributed by atoms with Crippen molar-refractivity contribution in [1.29, 1.82) is 10.5 Å². The molecule has 0 bridgehead atoms. The van der Waals surface area contributed by atoms with Crippen molar-refractivity contribution >= 4 is 87.2 Å². The highest BCUT2D eigenvalue weighted by Gasteiger charge is 2.34. The van der Waals surface area contributed by atoms with Crippen LogP contribution in [0.25, 0.3) is 216 Å². The van der Waals surface area contributed by atoms with Gasteiger partial charge in [-0.2, -0.15) is 10.5 Å². The maximum absolute atomic E-state index is 12.0. The van der Waals surface area contributed by atoms with E-state index < -0.39 is 0 Å². The summed E-state index contributed by atoms with van der Waals surface area (Å²) in [5, 5.41) is 32.8. The van der Waals surface area contributed by atoms with Crippen molar-refractivity contribution in [3.05, 3.63) is 442 Å². The topological polar surface area (TPSA) is 72.2 Å². The number of rotatable bonds is 14. The van der Waals surface area contributed by atoms with E-state index >= 15 is 0 Å². The predicted molar refractivity (Wildman–Crippen MR) is 501 cm³/mol. The van der Waals surface area contributed by atoms with Gasteiger partial charge < -0.3 is 22.8 Å². The van der Waals surface area contributed by atoms with Crippen molar-refractivity contribution in [3.8, 4) is 141 Å². The van der Waals surface area contributed by atoms with Crippen LogP contribution in [0.5, 0.6) is 0 Å². The molecule has 0 atom stereocenters. The summed E-state index contributed by atoms with van der Waals surface area (Å²) in [6, 6.07) is 156. The normalized spacial score (nSPS) is 11.6. The molecule has 0 aliphatic rings. The number of aromatic nitrogens is 5. The molecule has 0 saturated heterocycles. The Hall–Kier alpha value is -16.6. The Labute approximate surface area is 698 Å². The smallest absolute Gasteiger partial charge is 0.100 e. The van der Waals surface area contributed by atoms with Gasteiger partial charge in [0.15, 0.2) is 0 Å². The molecule has 562 valence electrons. The summed E-state index contributed by atoms with van der Waals surface area (Å²) in [6.45, 7) is 0. The average Bonchev–Trinajstić information content (AvgIpc) is 1.68. The molecule has 0 radical (unpaired) electrons. The maximum Gasteiger partial charge on any atom is 0.100 e. The highest BCUT2D eigenvalue weighted by Crippen LogP contribution is 2.56. The first-order valence-corrected chi connectivity index (χ1v) is 41.1. The Bertz CT molecular complexity index is 7950. The van der Waals surface area contributed by atoms with Crippen LogP contribution < -0.4 is 0 Å². The molecule has 0 spiro atoms. The van der Waals surface area contributed by atoms with Crippen molar-refractivity contribution < 1.29 is 0 Å². The molecule has 0 aliphatic heterocycles. The molecule has 0 unspecified atom stereocenters. The van der Waals surface area contributed by atoms with Crippen LogP contribution in [-0.2, 0) is 0 Å². The second-order valence-corrected chi connectivity index (χ2v) is 31.2. The molecule has 18 aromatic carbocycles. The van der Waals surface area contributed by atoms with Crippen molar-refractivity contribution in [1.82, 2.24) is 22.8 Å². The third-order valence-corrected chi connectivity index (χ3v) is 24.6. The zero-order valence-corrected chi connectivity index (χ0v) is 65.6. The Kier molecular flexibility index (Phi) is 16.6. The van der Waals surface area contributed by atoms with Crippen LogP contribution in [0.15, 0.2) is 431 Å². The lowest BCUT2D eigenvalue weighted by Gasteiger charge is -2.27. The Morgan fingerprint density at radius 2 is 0.446 bits per heavy atom. The van der Waals surface area contributed by atoms with E-state index in [1.807, 2.05) is 24.3 Å². The monoisotopic (exact) mass is 1540 g/mol. The number of para-hydroxylation sites is 3. The number of hydrogen-bond donors (Lipinski definition) is 0. The van der Waals surface area contributed by atoms with Gasteiger partial charge in [-0.25, -0.2) is 0 Å². The number of nitriles is 2. The molecule has 0 fully saturated rings. The minimum Gasteiger partial charge on any atom is -0.317 e. The fourth-order valence-corrected chi connectivity index (χ4v) is 19.4. The lowest BCUT2D eigenvalue weighted by molar-refractivity contribution is 1.13. The number of fused-ring (bicyclic) bond motifs is 11. The minimum atomic E-state index is 0.610. The summed E-state index contributed by atoms with van der Waals surface area (Å²) < 4.78 is 12.1. The first-order valence-electron chi connectivity index (χ1n) is 41.1. The third-order valence-electron chi connectivity index (χ3n) is 24.6. The standard InChI is InChI=1S/C114H71N7/c115-72-95-105(76-32-9-1-10-33-76)109(80-40-17-5-18-41-80)113(110(81-42-19-6-20-43-81)106(95)77-34-11-2-12-35-77)120-99-52-30-27-49-90(99)92-71-88(58-62-101(92)120)119-98-51-29-26-48-89(98)91-67-84(55-59-100(91)119)85-54-53-75-64-66-118(104(75)68-85)87-57-61-103-94(70-87)93-69-86(117-65-63-74-31-25-28-50-97(74)117)56-60-102(93)121(103)114-111(82-44-21-7-22-45-82)107(78-36-13-3-14-37-78)96(73-116)108(79-38-15-4-16-39-79)112(114)83-46-23-8-24-47-83/h1-71H. The van der Waals surface area contributed by atoms with Gasteiger partial charge in [0.2, 0.25) is 0 Å². The van der Waals surface area contributed by atoms with E-state index in [0.717, 1.165) is 210 Å². The van der Waals surface area contributed by atoms with E-state index in [-0.39, 0.29) is 0 Å². The first kappa shape index (κ1) is 69.9. The van der Waals surface area contributed by atoms with Gasteiger partial charge in [-0.15, -0.1) is 0 Å². The van der Waals surface area contributed by atoms with Gasteiger partial charge in [0.05, 0.1) is 66.6 Å². The summed E-state index contributed by atoms with van der Waals surface area (Å²) in [7, 11) is 0. The van der Waals surface area contributed by atoms with E-state index in [2.05, 4.69) is 442 Å². The SMILES string of the molecule is N#Cc1c(-c2ccccc2)c(-c2ccccc2)c(-n2c3ccc(-n4ccc5ccccc54)cc3c3cc(-n4ccc5ccc(-c6ccc7c(c6)c6ccccc6n7-c6ccc7c(c6)c6ccccc6n7-c6c(-c7ccccc7)c(-c7ccccc7)c(C#N)c(-c7ccccc7)c6-c6ccccc6)cc54)ccc32)c(-c2ccccc2)c1-c1ccccc1. The molecule has 5 heterocycles. The van der Waals surface area contributed by atoms with Gasteiger partial charge in [0, 0.05) is 106 Å². The van der Waals surface area contributed by atoms with Crippen LogP contribution in [0.1, 0.15) is 11.1 Å². The van der Waals surface area contributed by atoms with Crippen molar-refractivity contribution in [3.63, 3.8) is 0 Å². The van der Waals surface area contributed by atoms with Gasteiger partial charge in [0.25, 0.3) is 0 Å². The van der Waals surface area contributed by atoms with E-state index in [1.54, 1.807) is 0 Å². The molecule has 5 aromatic heterocycles. The van der Waals surface area contributed by atoms with E-state index in [9.17, 15) is 10.5 Å². The zero-order valence-electron chi connectivity index (χ0n) is 65.6. The molecule has 23 aromatic rings. The lowest BCUT2D eigenvalue weighted by Crippen LogP contribution is -2.07. The lowest BCUT2D eigenvalue weighted by atomic mass is 9.79. The van der Waals surface area contributed by atoms with Crippen LogP contribution in [0, 0.1) is 22.7 Å². The Balaban J connectivity index is 0.706. The molecule has 121 heavy (non-hydrogen) atoms. The van der Waals surface area contributed by atoms with E-state index in [1.165, 1.54) is 5.39 Å². The van der Waals surface area contributed by atoms with Crippen molar-refractivity contribution in [2.24, 2.45) is 0 Å².